The van der Waals surface area contributed by atoms with Crippen LogP contribution in [-0.2, 0) is 38.1 Å². The van der Waals surface area contributed by atoms with Crippen LogP contribution in [0.25, 0.3) is 0 Å². The van der Waals surface area contributed by atoms with Crippen molar-refractivity contribution in [1.29, 1.82) is 0 Å². The maximum Gasteiger partial charge on any atom is 0.309 e. The predicted molar refractivity (Wildman–Crippen MR) is 110 cm³/mol. The summed E-state index contributed by atoms with van der Waals surface area (Å²) in [4.78, 5) is 48.7. The van der Waals surface area contributed by atoms with Crippen molar-refractivity contribution in [3.05, 3.63) is 0 Å². The Labute approximate surface area is 183 Å². The van der Waals surface area contributed by atoms with E-state index in [4.69, 9.17) is 18.9 Å². The van der Waals surface area contributed by atoms with E-state index in [1.165, 1.54) is 0 Å². The summed E-state index contributed by atoms with van der Waals surface area (Å²) in [6.45, 7) is 8.74. The molecular formula is C22H36O9. The standard InChI is InChI=1S/C22H36O9/c1-6-10-15(23)29-18-13(5)28-19(14(9-4)22(26)27)21(31-17(25)12-8-3)20(18)30-16(24)11-7-2/h13-14,18-21H,6-12H2,1-5H3,(H,26,27)/t13-,14?,18-,19?,20+,21+/m0/s1. The molecule has 0 amide bonds. The molecule has 0 aromatic heterocycles. The van der Waals surface area contributed by atoms with E-state index < -0.39 is 60.3 Å². The van der Waals surface area contributed by atoms with Crippen molar-refractivity contribution < 1.29 is 43.2 Å². The van der Waals surface area contributed by atoms with Crippen molar-refractivity contribution in [3.8, 4) is 0 Å². The molecule has 1 aliphatic heterocycles. The Bertz CT molecular complexity index is 618. The molecule has 0 aromatic carbocycles. The van der Waals surface area contributed by atoms with E-state index >= 15 is 0 Å². The highest BCUT2D eigenvalue weighted by atomic mass is 16.6. The fourth-order valence-electron chi connectivity index (χ4n) is 3.59. The van der Waals surface area contributed by atoms with E-state index in [0.29, 0.717) is 19.3 Å². The molecule has 0 radical (unpaired) electrons. The number of rotatable bonds is 12. The minimum absolute atomic E-state index is 0.110. The molecule has 6 atom stereocenters. The first-order valence-corrected chi connectivity index (χ1v) is 11.2. The van der Waals surface area contributed by atoms with Crippen LogP contribution in [0.5, 0.6) is 0 Å². The molecule has 2 unspecified atom stereocenters. The number of aliphatic carboxylic acids is 1. The molecule has 1 rings (SSSR count). The molecule has 0 aliphatic carbocycles. The lowest BCUT2D eigenvalue weighted by Crippen LogP contribution is -2.63. The van der Waals surface area contributed by atoms with Gasteiger partial charge in [0, 0.05) is 19.3 Å². The molecule has 1 heterocycles. The minimum Gasteiger partial charge on any atom is -0.481 e. The third-order valence-electron chi connectivity index (χ3n) is 5.12. The summed E-state index contributed by atoms with van der Waals surface area (Å²) in [5.74, 6) is -3.72. The van der Waals surface area contributed by atoms with E-state index in [-0.39, 0.29) is 25.7 Å². The van der Waals surface area contributed by atoms with Crippen molar-refractivity contribution in [2.24, 2.45) is 5.92 Å². The Morgan fingerprint density at radius 3 is 1.58 bits per heavy atom. The van der Waals surface area contributed by atoms with Gasteiger partial charge >= 0.3 is 23.9 Å². The fraction of sp³-hybridized carbons (Fsp3) is 0.818. The van der Waals surface area contributed by atoms with Crippen LogP contribution in [0.4, 0.5) is 0 Å². The zero-order chi connectivity index (χ0) is 23.6. The number of ether oxygens (including phenoxy) is 4. The molecule has 31 heavy (non-hydrogen) atoms. The minimum atomic E-state index is -1.21. The highest BCUT2D eigenvalue weighted by Gasteiger charge is 2.53. The van der Waals surface area contributed by atoms with Crippen LogP contribution in [0.3, 0.4) is 0 Å². The summed E-state index contributed by atoms with van der Waals surface area (Å²) in [5, 5.41) is 9.69. The number of hydrogen-bond donors (Lipinski definition) is 1. The van der Waals surface area contributed by atoms with E-state index in [9.17, 15) is 24.3 Å². The second kappa shape index (κ2) is 13.3. The van der Waals surface area contributed by atoms with Crippen LogP contribution >= 0.6 is 0 Å². The van der Waals surface area contributed by atoms with Crippen molar-refractivity contribution in [2.75, 3.05) is 0 Å². The zero-order valence-electron chi connectivity index (χ0n) is 19.1. The van der Waals surface area contributed by atoms with E-state index in [1.807, 2.05) is 13.8 Å². The van der Waals surface area contributed by atoms with Gasteiger partial charge in [0.1, 0.15) is 6.10 Å². The van der Waals surface area contributed by atoms with Gasteiger partial charge in [0.2, 0.25) is 0 Å². The van der Waals surface area contributed by atoms with Crippen LogP contribution in [0.1, 0.15) is 79.6 Å². The molecule has 9 nitrogen and oxygen atoms in total. The highest BCUT2D eigenvalue weighted by molar-refractivity contribution is 5.73. The molecule has 178 valence electrons. The summed E-state index contributed by atoms with van der Waals surface area (Å²) in [6, 6.07) is 0. The van der Waals surface area contributed by atoms with Crippen molar-refractivity contribution in [2.45, 2.75) is 110 Å². The van der Waals surface area contributed by atoms with Gasteiger partial charge in [-0.2, -0.15) is 0 Å². The van der Waals surface area contributed by atoms with Gasteiger partial charge in [-0.25, -0.2) is 0 Å². The van der Waals surface area contributed by atoms with E-state index in [1.54, 1.807) is 20.8 Å². The number of carbonyl (C=O) groups excluding carboxylic acids is 3. The molecule has 0 spiro atoms. The first kappa shape index (κ1) is 26.9. The van der Waals surface area contributed by atoms with Gasteiger partial charge in [-0.15, -0.1) is 0 Å². The maximum atomic E-state index is 12.4. The summed E-state index contributed by atoms with van der Waals surface area (Å²) < 4.78 is 22.7. The van der Waals surface area contributed by atoms with Crippen LogP contribution < -0.4 is 0 Å². The third-order valence-corrected chi connectivity index (χ3v) is 5.12. The topological polar surface area (TPSA) is 125 Å². The van der Waals surface area contributed by atoms with Crippen molar-refractivity contribution in [3.63, 3.8) is 0 Å². The van der Waals surface area contributed by atoms with Gasteiger partial charge < -0.3 is 24.1 Å². The van der Waals surface area contributed by atoms with Gasteiger partial charge in [-0.05, 0) is 32.6 Å². The lowest BCUT2D eigenvalue weighted by Gasteiger charge is -2.45. The smallest absolute Gasteiger partial charge is 0.309 e. The zero-order valence-corrected chi connectivity index (χ0v) is 19.1. The van der Waals surface area contributed by atoms with Crippen LogP contribution in [-0.4, -0.2) is 59.5 Å². The highest BCUT2D eigenvalue weighted by Crippen LogP contribution is 2.34. The number of carboxylic acid groups (broad SMARTS) is 1. The average Bonchev–Trinajstić information content (AvgIpc) is 2.68. The Kier molecular flexibility index (Phi) is 11.5. The normalized spacial score (nSPS) is 26.5. The Morgan fingerprint density at radius 2 is 1.19 bits per heavy atom. The Hall–Kier alpha value is -2.16. The molecule has 1 saturated heterocycles. The third kappa shape index (κ3) is 7.79. The number of hydrogen-bond acceptors (Lipinski definition) is 8. The number of carboxylic acids is 1. The number of esters is 3. The van der Waals surface area contributed by atoms with Gasteiger partial charge in [0.05, 0.1) is 12.0 Å². The SMILES string of the molecule is CCCC(=O)O[C@@H]1[C@@H](OC(=O)CCC)[C@H](OC(=O)CCC)C(C(CC)C(=O)O)O[C@H]1C. The quantitative estimate of drug-likeness (QED) is 0.357. The van der Waals surface area contributed by atoms with E-state index in [2.05, 4.69) is 0 Å². The van der Waals surface area contributed by atoms with Crippen LogP contribution in [0.15, 0.2) is 0 Å². The molecule has 0 saturated carbocycles. The lowest BCUT2D eigenvalue weighted by atomic mass is 9.86. The first-order chi connectivity index (χ1) is 14.7. The fourth-order valence-corrected chi connectivity index (χ4v) is 3.59. The second-order valence-electron chi connectivity index (χ2n) is 7.77. The van der Waals surface area contributed by atoms with E-state index in [0.717, 1.165) is 0 Å². The molecule has 9 heteroatoms. The van der Waals surface area contributed by atoms with Crippen LogP contribution in [0.2, 0.25) is 0 Å². The molecule has 0 bridgehead atoms. The monoisotopic (exact) mass is 444 g/mol. The van der Waals surface area contributed by atoms with Crippen molar-refractivity contribution >= 4 is 23.9 Å². The Morgan fingerprint density at radius 1 is 0.774 bits per heavy atom. The summed E-state index contributed by atoms with van der Waals surface area (Å²) in [7, 11) is 0. The van der Waals surface area contributed by atoms with Gasteiger partial charge in [0.25, 0.3) is 0 Å². The molecule has 1 fully saturated rings. The van der Waals surface area contributed by atoms with Gasteiger partial charge in [-0.1, -0.05) is 27.7 Å². The second-order valence-corrected chi connectivity index (χ2v) is 7.77. The predicted octanol–water partition coefficient (Wildman–Crippen LogP) is 3.02. The summed E-state index contributed by atoms with van der Waals surface area (Å²) in [6.07, 6.45) is -2.99. The molecule has 1 aliphatic rings. The summed E-state index contributed by atoms with van der Waals surface area (Å²) in [5.41, 5.74) is 0. The van der Waals surface area contributed by atoms with Gasteiger partial charge in [0.15, 0.2) is 18.3 Å². The average molecular weight is 445 g/mol. The molecule has 0 aromatic rings. The largest absolute Gasteiger partial charge is 0.481 e. The van der Waals surface area contributed by atoms with Gasteiger partial charge in [-0.3, -0.25) is 19.2 Å². The first-order valence-electron chi connectivity index (χ1n) is 11.2. The molecular weight excluding hydrogens is 408 g/mol. The van der Waals surface area contributed by atoms with Crippen LogP contribution in [0, 0.1) is 5.92 Å². The number of carbonyl (C=O) groups is 4. The molecule has 1 N–H and O–H groups in total. The maximum absolute atomic E-state index is 12.4. The van der Waals surface area contributed by atoms with Crippen molar-refractivity contribution in [1.82, 2.24) is 0 Å². The lowest BCUT2D eigenvalue weighted by molar-refractivity contribution is -0.254. The summed E-state index contributed by atoms with van der Waals surface area (Å²) >= 11 is 0. The Balaban J connectivity index is 3.37.